The molecule has 2 nitrogen and oxygen atoms in total. The molecule has 0 aliphatic rings. The minimum absolute atomic E-state index is 0. The maximum absolute atomic E-state index is 5.87. The highest BCUT2D eigenvalue weighted by molar-refractivity contribution is 6.13. The van der Waals surface area contributed by atoms with E-state index in [0.29, 0.717) is 0 Å². The third-order valence-electron chi connectivity index (χ3n) is 1.51. The van der Waals surface area contributed by atoms with Crippen molar-refractivity contribution in [1.29, 1.82) is 0 Å². The molecule has 0 unspecified atom stereocenters. The van der Waals surface area contributed by atoms with Crippen LogP contribution >= 0.6 is 11.8 Å². The van der Waals surface area contributed by atoms with E-state index in [0.717, 1.165) is 13.1 Å². The molecule has 0 saturated carbocycles. The third-order valence-corrected chi connectivity index (χ3v) is 1.85. The molecule has 0 aliphatic heterocycles. The number of rotatable bonds is 6. The lowest BCUT2D eigenvalue weighted by molar-refractivity contribution is 0.430. The normalized spacial score (nSPS) is 9.82. The van der Waals surface area contributed by atoms with Crippen molar-refractivity contribution >= 4 is 11.8 Å². The maximum Gasteiger partial charge on any atom is 0.0138 e. The van der Waals surface area contributed by atoms with Crippen LogP contribution in [0.2, 0.25) is 0 Å². The molecule has 0 rings (SSSR count). The van der Waals surface area contributed by atoms with Gasteiger partial charge in [-0.05, 0) is 24.6 Å². The summed E-state index contributed by atoms with van der Waals surface area (Å²) in [5.41, 5.74) is 0. The van der Waals surface area contributed by atoms with E-state index < -0.39 is 0 Å². The van der Waals surface area contributed by atoms with Crippen LogP contribution in [-0.2, 0) is 0 Å². The molecule has 0 fully saturated rings. The van der Waals surface area contributed by atoms with E-state index in [1.165, 1.54) is 25.7 Å². The zero-order valence-electron chi connectivity index (χ0n) is 7.57. The Labute approximate surface area is 74.9 Å². The van der Waals surface area contributed by atoms with Gasteiger partial charge in [0.05, 0.1) is 0 Å². The van der Waals surface area contributed by atoms with Crippen molar-refractivity contribution in [3.8, 4) is 0 Å². The number of halogens is 1. The topological polar surface area (TPSA) is 34.7 Å². The highest BCUT2D eigenvalue weighted by atomic mass is 35.5. The molecule has 0 bridgehead atoms. The summed E-state index contributed by atoms with van der Waals surface area (Å²) >= 11 is 5.87. The fourth-order valence-electron chi connectivity index (χ4n) is 0.771. The summed E-state index contributed by atoms with van der Waals surface area (Å²) in [6.07, 6.45) is 4.89. The number of hydrogen-bond acceptors (Lipinski definition) is 1. The van der Waals surface area contributed by atoms with Gasteiger partial charge < -0.3 is 5.48 Å². The summed E-state index contributed by atoms with van der Waals surface area (Å²) in [5, 5.41) is 0. The van der Waals surface area contributed by atoms with Gasteiger partial charge in [0.2, 0.25) is 0 Å². The lowest BCUT2D eigenvalue weighted by Gasteiger charge is -2.11. The van der Waals surface area contributed by atoms with E-state index in [2.05, 4.69) is 13.8 Å². The average Bonchev–Trinajstić information content (AvgIpc) is 1.97. The molecule has 0 aromatic rings. The zero-order valence-corrected chi connectivity index (χ0v) is 8.32. The highest BCUT2D eigenvalue weighted by Crippen LogP contribution is 2.00. The van der Waals surface area contributed by atoms with Gasteiger partial charge >= 0.3 is 0 Å². The molecule has 0 heterocycles. The standard InChI is InChI=1S/C8H18ClN.H2O/c1-3-5-7-10(9)8-6-4-2;/h3-8H2,1-2H3;1H2. The first kappa shape index (κ1) is 13.8. The van der Waals surface area contributed by atoms with Crippen molar-refractivity contribution in [2.75, 3.05) is 13.1 Å². The van der Waals surface area contributed by atoms with Crippen molar-refractivity contribution in [1.82, 2.24) is 4.42 Å². The Morgan fingerprint density at radius 2 is 1.36 bits per heavy atom. The van der Waals surface area contributed by atoms with E-state index >= 15 is 0 Å². The second-order valence-electron chi connectivity index (χ2n) is 2.62. The minimum Gasteiger partial charge on any atom is -0.412 e. The smallest absolute Gasteiger partial charge is 0.0138 e. The minimum atomic E-state index is 0. The Morgan fingerprint density at radius 1 is 1.00 bits per heavy atom. The molecule has 0 amide bonds. The monoisotopic (exact) mass is 181 g/mol. The molecule has 0 aromatic carbocycles. The van der Waals surface area contributed by atoms with Crippen LogP contribution in [0.25, 0.3) is 0 Å². The molecule has 0 radical (unpaired) electrons. The first-order valence-corrected chi connectivity index (χ1v) is 4.55. The lowest BCUT2D eigenvalue weighted by atomic mass is 10.3. The number of unbranched alkanes of at least 4 members (excludes halogenated alkanes) is 2. The zero-order chi connectivity index (χ0) is 7.82. The molecular weight excluding hydrogens is 162 g/mol. The van der Waals surface area contributed by atoms with Crippen LogP contribution in [0.3, 0.4) is 0 Å². The van der Waals surface area contributed by atoms with Crippen LogP contribution in [0, 0.1) is 0 Å². The molecule has 0 atom stereocenters. The fraction of sp³-hybridized carbons (Fsp3) is 1.00. The van der Waals surface area contributed by atoms with Crippen molar-refractivity contribution < 1.29 is 5.48 Å². The molecule has 2 N–H and O–H groups in total. The first-order chi connectivity index (χ1) is 4.81. The maximum atomic E-state index is 5.87. The second-order valence-corrected chi connectivity index (χ2v) is 3.10. The predicted octanol–water partition coefficient (Wildman–Crippen LogP) is 2.22. The first-order valence-electron chi connectivity index (χ1n) is 4.22. The Morgan fingerprint density at radius 3 is 1.64 bits per heavy atom. The SMILES string of the molecule is CCCCN(Cl)CCCC.O. The fourth-order valence-corrected chi connectivity index (χ4v) is 1.01. The summed E-state index contributed by atoms with van der Waals surface area (Å²) < 4.78 is 1.90. The summed E-state index contributed by atoms with van der Waals surface area (Å²) in [5.74, 6) is 0. The number of hydrogen-bond donors (Lipinski definition) is 0. The van der Waals surface area contributed by atoms with Crippen molar-refractivity contribution in [3.63, 3.8) is 0 Å². The van der Waals surface area contributed by atoms with Gasteiger partial charge in [0.1, 0.15) is 0 Å². The van der Waals surface area contributed by atoms with Crippen molar-refractivity contribution in [2.24, 2.45) is 0 Å². The van der Waals surface area contributed by atoms with Gasteiger partial charge in [-0.1, -0.05) is 26.7 Å². The summed E-state index contributed by atoms with van der Waals surface area (Å²) in [6.45, 7) is 6.45. The molecule has 0 spiro atoms. The summed E-state index contributed by atoms with van der Waals surface area (Å²) in [6, 6.07) is 0. The second kappa shape index (κ2) is 10.2. The molecule has 3 heteroatoms. The van der Waals surface area contributed by atoms with Crippen molar-refractivity contribution in [3.05, 3.63) is 0 Å². The van der Waals surface area contributed by atoms with Gasteiger partial charge in [0.15, 0.2) is 0 Å². The van der Waals surface area contributed by atoms with Crippen LogP contribution in [0.1, 0.15) is 39.5 Å². The van der Waals surface area contributed by atoms with E-state index in [1.54, 1.807) is 0 Å². The van der Waals surface area contributed by atoms with Crippen LogP contribution < -0.4 is 0 Å². The molecular formula is C8H20ClNO. The van der Waals surface area contributed by atoms with Gasteiger partial charge in [-0.2, -0.15) is 0 Å². The van der Waals surface area contributed by atoms with Crippen LogP contribution in [0.4, 0.5) is 0 Å². The molecule has 0 aromatic heterocycles. The lowest BCUT2D eigenvalue weighted by Crippen LogP contribution is -2.14. The van der Waals surface area contributed by atoms with Gasteiger partial charge in [-0.3, -0.25) is 0 Å². The number of nitrogens with zero attached hydrogens (tertiary/aromatic N) is 1. The Kier molecular flexibility index (Phi) is 12.8. The Balaban J connectivity index is 0. The van der Waals surface area contributed by atoms with E-state index in [1.807, 2.05) is 4.42 Å². The van der Waals surface area contributed by atoms with Crippen LogP contribution in [0.5, 0.6) is 0 Å². The Bertz CT molecular complexity index is 63.1. The van der Waals surface area contributed by atoms with Crippen molar-refractivity contribution in [2.45, 2.75) is 39.5 Å². The third kappa shape index (κ3) is 10.2. The van der Waals surface area contributed by atoms with E-state index in [4.69, 9.17) is 11.8 Å². The molecule has 11 heavy (non-hydrogen) atoms. The summed E-state index contributed by atoms with van der Waals surface area (Å²) in [4.78, 5) is 0. The van der Waals surface area contributed by atoms with Crippen LogP contribution in [0.15, 0.2) is 0 Å². The highest BCUT2D eigenvalue weighted by Gasteiger charge is 1.96. The molecule has 0 saturated heterocycles. The predicted molar refractivity (Wildman–Crippen MR) is 50.9 cm³/mol. The molecule has 0 aliphatic carbocycles. The summed E-state index contributed by atoms with van der Waals surface area (Å²) in [7, 11) is 0. The quantitative estimate of drug-likeness (QED) is 0.579. The van der Waals surface area contributed by atoms with E-state index in [9.17, 15) is 0 Å². The average molecular weight is 182 g/mol. The van der Waals surface area contributed by atoms with Gasteiger partial charge in [0, 0.05) is 13.1 Å². The van der Waals surface area contributed by atoms with Gasteiger partial charge in [-0.15, -0.1) is 0 Å². The Hall–Kier alpha value is 0.210. The van der Waals surface area contributed by atoms with Gasteiger partial charge in [-0.25, -0.2) is 4.42 Å². The van der Waals surface area contributed by atoms with Crippen LogP contribution in [-0.4, -0.2) is 23.0 Å². The van der Waals surface area contributed by atoms with Gasteiger partial charge in [0.25, 0.3) is 0 Å². The molecule has 70 valence electrons. The van der Waals surface area contributed by atoms with E-state index in [-0.39, 0.29) is 5.48 Å². The largest absolute Gasteiger partial charge is 0.412 e.